The number of rotatable bonds is 3. The molecule has 2 N–H and O–H groups in total. The molecule has 0 bridgehead atoms. The molecule has 1 aliphatic rings. The molecule has 18 heavy (non-hydrogen) atoms. The van der Waals surface area contributed by atoms with Gasteiger partial charge in [0.25, 0.3) is 5.91 Å². The standard InChI is InChI=1S/C12H15BrN2O3/c1-8-12(17,4-5-18-8)7-15-11(16)9-2-3-10(13)14-6-9/h2-3,6,8,17H,4-5,7H2,1H3,(H,15,16). The van der Waals surface area contributed by atoms with Gasteiger partial charge in [0.05, 0.1) is 11.7 Å². The van der Waals surface area contributed by atoms with Crippen molar-refractivity contribution in [1.29, 1.82) is 0 Å². The van der Waals surface area contributed by atoms with E-state index in [0.717, 1.165) is 0 Å². The first-order chi connectivity index (χ1) is 8.51. The van der Waals surface area contributed by atoms with E-state index in [1.807, 2.05) is 0 Å². The summed E-state index contributed by atoms with van der Waals surface area (Å²) in [4.78, 5) is 15.8. The monoisotopic (exact) mass is 314 g/mol. The van der Waals surface area contributed by atoms with Gasteiger partial charge in [-0.15, -0.1) is 0 Å². The number of nitrogens with zero attached hydrogens (tertiary/aromatic N) is 1. The minimum absolute atomic E-state index is 0.184. The first-order valence-electron chi connectivity index (χ1n) is 5.75. The third-order valence-corrected chi connectivity index (χ3v) is 3.67. The highest BCUT2D eigenvalue weighted by molar-refractivity contribution is 9.10. The summed E-state index contributed by atoms with van der Waals surface area (Å²) in [6.45, 7) is 2.51. The maximum absolute atomic E-state index is 11.8. The van der Waals surface area contributed by atoms with E-state index in [9.17, 15) is 9.90 Å². The maximum Gasteiger partial charge on any atom is 0.252 e. The van der Waals surface area contributed by atoms with Gasteiger partial charge in [0.1, 0.15) is 10.2 Å². The lowest BCUT2D eigenvalue weighted by Gasteiger charge is -2.26. The van der Waals surface area contributed by atoms with E-state index in [0.29, 0.717) is 23.2 Å². The molecule has 0 spiro atoms. The second-order valence-corrected chi connectivity index (χ2v) is 5.23. The quantitative estimate of drug-likeness (QED) is 0.820. The predicted octanol–water partition coefficient (Wildman–Crippen LogP) is 1.11. The van der Waals surface area contributed by atoms with E-state index in [4.69, 9.17) is 4.74 Å². The van der Waals surface area contributed by atoms with Gasteiger partial charge in [0, 0.05) is 25.8 Å². The van der Waals surface area contributed by atoms with Crippen LogP contribution < -0.4 is 5.32 Å². The van der Waals surface area contributed by atoms with Crippen LogP contribution in [0.5, 0.6) is 0 Å². The number of amides is 1. The number of nitrogens with one attached hydrogen (secondary N) is 1. The van der Waals surface area contributed by atoms with Crippen molar-refractivity contribution in [2.24, 2.45) is 0 Å². The Hall–Kier alpha value is -0.980. The smallest absolute Gasteiger partial charge is 0.252 e. The van der Waals surface area contributed by atoms with Crippen LogP contribution in [0.3, 0.4) is 0 Å². The van der Waals surface area contributed by atoms with Crippen molar-refractivity contribution in [2.75, 3.05) is 13.2 Å². The zero-order valence-corrected chi connectivity index (χ0v) is 11.6. The molecule has 6 heteroatoms. The lowest BCUT2D eigenvalue weighted by molar-refractivity contribution is -0.0251. The molecule has 2 atom stereocenters. The third kappa shape index (κ3) is 2.88. The van der Waals surface area contributed by atoms with Crippen LogP contribution in [-0.4, -0.2) is 40.9 Å². The summed E-state index contributed by atoms with van der Waals surface area (Å²) >= 11 is 3.20. The average Bonchev–Trinajstić information content (AvgIpc) is 2.68. The molecule has 2 rings (SSSR count). The molecule has 0 aliphatic carbocycles. The van der Waals surface area contributed by atoms with E-state index in [1.54, 1.807) is 19.1 Å². The summed E-state index contributed by atoms with van der Waals surface area (Å²) in [5.74, 6) is -0.248. The van der Waals surface area contributed by atoms with Gasteiger partial charge in [-0.3, -0.25) is 4.79 Å². The fraction of sp³-hybridized carbons (Fsp3) is 0.500. The highest BCUT2D eigenvalue weighted by Crippen LogP contribution is 2.24. The largest absolute Gasteiger partial charge is 0.385 e. The Labute approximate surface area is 114 Å². The van der Waals surface area contributed by atoms with Crippen LogP contribution in [-0.2, 0) is 4.74 Å². The molecular weight excluding hydrogens is 300 g/mol. The van der Waals surface area contributed by atoms with Crippen molar-refractivity contribution in [3.63, 3.8) is 0 Å². The third-order valence-electron chi connectivity index (χ3n) is 3.20. The lowest BCUT2D eigenvalue weighted by Crippen LogP contribution is -2.47. The van der Waals surface area contributed by atoms with E-state index in [1.165, 1.54) is 6.20 Å². The number of hydrogen-bond acceptors (Lipinski definition) is 4. The summed E-state index contributed by atoms with van der Waals surface area (Å²) in [6, 6.07) is 3.37. The molecular formula is C12H15BrN2O3. The number of aromatic nitrogens is 1. The van der Waals surface area contributed by atoms with Crippen LogP contribution in [0.15, 0.2) is 22.9 Å². The van der Waals surface area contributed by atoms with Crippen LogP contribution in [0.1, 0.15) is 23.7 Å². The van der Waals surface area contributed by atoms with Crippen molar-refractivity contribution in [3.8, 4) is 0 Å². The molecule has 0 saturated carbocycles. The number of carbonyl (C=O) groups is 1. The molecule has 2 unspecified atom stereocenters. The predicted molar refractivity (Wildman–Crippen MR) is 69.3 cm³/mol. The molecule has 0 radical (unpaired) electrons. The maximum atomic E-state index is 11.8. The number of pyridine rings is 1. The second kappa shape index (κ2) is 5.34. The molecule has 2 heterocycles. The minimum atomic E-state index is -0.974. The molecule has 1 saturated heterocycles. The number of hydrogen-bond donors (Lipinski definition) is 2. The van der Waals surface area contributed by atoms with Gasteiger partial charge in [-0.2, -0.15) is 0 Å². The second-order valence-electron chi connectivity index (χ2n) is 4.42. The first-order valence-corrected chi connectivity index (χ1v) is 6.54. The van der Waals surface area contributed by atoms with Crippen LogP contribution in [0.25, 0.3) is 0 Å². The van der Waals surface area contributed by atoms with E-state index >= 15 is 0 Å². The fourth-order valence-corrected chi connectivity index (χ4v) is 2.08. The van der Waals surface area contributed by atoms with Gasteiger partial charge in [-0.05, 0) is 35.0 Å². The number of aliphatic hydroxyl groups is 1. The zero-order chi connectivity index (χ0) is 13.2. The zero-order valence-electron chi connectivity index (χ0n) is 10.0. The molecule has 98 valence electrons. The summed E-state index contributed by atoms with van der Waals surface area (Å²) in [5.41, 5.74) is -0.508. The van der Waals surface area contributed by atoms with Gasteiger partial charge in [0.15, 0.2) is 0 Å². The molecule has 5 nitrogen and oxygen atoms in total. The van der Waals surface area contributed by atoms with E-state index in [2.05, 4.69) is 26.2 Å². The Morgan fingerprint density at radius 1 is 1.72 bits per heavy atom. The van der Waals surface area contributed by atoms with Crippen molar-refractivity contribution < 1.29 is 14.6 Å². The van der Waals surface area contributed by atoms with Gasteiger partial charge < -0.3 is 15.2 Å². The Balaban J connectivity index is 1.94. The molecule has 1 aromatic rings. The molecule has 1 aliphatic heterocycles. The highest BCUT2D eigenvalue weighted by Gasteiger charge is 2.39. The Kier molecular flexibility index (Phi) is 3.99. The normalized spacial score (nSPS) is 27.2. The summed E-state index contributed by atoms with van der Waals surface area (Å²) in [6.07, 6.45) is 1.76. The molecule has 0 aromatic carbocycles. The first kappa shape index (κ1) is 13.5. The van der Waals surface area contributed by atoms with Crippen molar-refractivity contribution >= 4 is 21.8 Å². The number of carbonyl (C=O) groups excluding carboxylic acids is 1. The summed E-state index contributed by atoms with van der Waals surface area (Å²) < 4.78 is 5.98. The van der Waals surface area contributed by atoms with Gasteiger partial charge >= 0.3 is 0 Å². The lowest BCUT2D eigenvalue weighted by atomic mass is 9.96. The van der Waals surface area contributed by atoms with Crippen molar-refractivity contribution in [2.45, 2.75) is 25.0 Å². The van der Waals surface area contributed by atoms with Gasteiger partial charge in [-0.25, -0.2) is 4.98 Å². The number of ether oxygens (including phenoxy) is 1. The molecule has 1 aromatic heterocycles. The SMILES string of the molecule is CC1OCCC1(O)CNC(=O)c1ccc(Br)nc1. The van der Waals surface area contributed by atoms with E-state index in [-0.39, 0.29) is 18.6 Å². The summed E-state index contributed by atoms with van der Waals surface area (Å²) in [7, 11) is 0. The van der Waals surface area contributed by atoms with E-state index < -0.39 is 5.60 Å². The van der Waals surface area contributed by atoms with Gasteiger partial charge in [-0.1, -0.05) is 0 Å². The van der Waals surface area contributed by atoms with Crippen LogP contribution in [0.2, 0.25) is 0 Å². The Morgan fingerprint density at radius 3 is 3.06 bits per heavy atom. The Bertz CT molecular complexity index is 437. The average molecular weight is 315 g/mol. The van der Waals surface area contributed by atoms with Crippen LogP contribution >= 0.6 is 15.9 Å². The molecule has 1 amide bonds. The minimum Gasteiger partial charge on any atom is -0.385 e. The van der Waals surface area contributed by atoms with Crippen LogP contribution in [0, 0.1) is 0 Å². The van der Waals surface area contributed by atoms with Crippen molar-refractivity contribution in [1.82, 2.24) is 10.3 Å². The summed E-state index contributed by atoms with van der Waals surface area (Å²) in [5, 5.41) is 12.9. The fourth-order valence-electron chi connectivity index (χ4n) is 1.85. The topological polar surface area (TPSA) is 71.5 Å². The highest BCUT2D eigenvalue weighted by atomic mass is 79.9. The van der Waals surface area contributed by atoms with Crippen molar-refractivity contribution in [3.05, 3.63) is 28.5 Å². The number of halogens is 1. The van der Waals surface area contributed by atoms with Crippen LogP contribution in [0.4, 0.5) is 0 Å². The Morgan fingerprint density at radius 2 is 2.50 bits per heavy atom. The molecule has 1 fully saturated rings. The van der Waals surface area contributed by atoms with Gasteiger partial charge in [0.2, 0.25) is 0 Å².